The largest absolute Gasteiger partial charge is 0.490 e. The Kier molecular flexibility index (Phi) is 5.59. The zero-order chi connectivity index (χ0) is 12.0. The van der Waals surface area contributed by atoms with Gasteiger partial charge in [-0.3, -0.25) is 4.79 Å². The second kappa shape index (κ2) is 6.73. The molecule has 0 aliphatic heterocycles. The molecule has 0 N–H and O–H groups in total. The number of aldehydes is 1. The molecule has 0 aliphatic carbocycles. The van der Waals surface area contributed by atoms with Crippen LogP contribution >= 0.6 is 22.6 Å². The zero-order valence-electron chi connectivity index (χ0n) is 9.46. The van der Waals surface area contributed by atoms with Crippen LogP contribution < -0.4 is 9.47 Å². The molecule has 4 heteroatoms. The van der Waals surface area contributed by atoms with E-state index < -0.39 is 0 Å². The number of ether oxygens (including phenoxy) is 2. The fourth-order valence-corrected chi connectivity index (χ4v) is 1.92. The summed E-state index contributed by atoms with van der Waals surface area (Å²) in [4.78, 5) is 11.0. The minimum atomic E-state index is 0.545. The second-order valence-electron chi connectivity index (χ2n) is 3.22. The lowest BCUT2D eigenvalue weighted by atomic mass is 10.2. The van der Waals surface area contributed by atoms with Crippen molar-refractivity contribution >= 4 is 28.9 Å². The Labute approximate surface area is 109 Å². The quantitative estimate of drug-likeness (QED) is 0.592. The van der Waals surface area contributed by atoms with Crippen LogP contribution in [0.2, 0.25) is 0 Å². The molecule has 1 aromatic rings. The van der Waals surface area contributed by atoms with Gasteiger partial charge in [0.15, 0.2) is 17.8 Å². The molecule has 88 valence electrons. The molecule has 3 nitrogen and oxygen atoms in total. The normalized spacial score (nSPS) is 9.94. The van der Waals surface area contributed by atoms with Crippen molar-refractivity contribution in [2.75, 3.05) is 13.2 Å². The molecule has 0 heterocycles. The lowest BCUT2D eigenvalue weighted by molar-refractivity contribution is 0.111. The summed E-state index contributed by atoms with van der Waals surface area (Å²) in [6.07, 6.45) is 1.70. The van der Waals surface area contributed by atoms with Crippen molar-refractivity contribution in [3.63, 3.8) is 0 Å². The summed E-state index contributed by atoms with van der Waals surface area (Å²) in [6.45, 7) is 5.07. The minimum absolute atomic E-state index is 0.545. The van der Waals surface area contributed by atoms with E-state index in [1.807, 2.05) is 19.9 Å². The summed E-state index contributed by atoms with van der Waals surface area (Å²) in [5.74, 6) is 1.20. The van der Waals surface area contributed by atoms with E-state index in [-0.39, 0.29) is 0 Å². The molecule has 0 fully saturated rings. The van der Waals surface area contributed by atoms with Gasteiger partial charge in [-0.25, -0.2) is 0 Å². The molecule has 16 heavy (non-hydrogen) atoms. The van der Waals surface area contributed by atoms with Gasteiger partial charge in [0.1, 0.15) is 0 Å². The molecule has 0 unspecified atom stereocenters. The van der Waals surface area contributed by atoms with Gasteiger partial charge >= 0.3 is 0 Å². The monoisotopic (exact) mass is 334 g/mol. The summed E-state index contributed by atoms with van der Waals surface area (Å²) in [5.41, 5.74) is 0.545. The van der Waals surface area contributed by atoms with Crippen LogP contribution in [0.15, 0.2) is 12.1 Å². The van der Waals surface area contributed by atoms with E-state index in [1.54, 1.807) is 6.07 Å². The number of rotatable bonds is 6. The minimum Gasteiger partial charge on any atom is -0.490 e. The highest BCUT2D eigenvalue weighted by Gasteiger charge is 2.12. The molecule has 0 saturated carbocycles. The molecule has 0 aromatic heterocycles. The summed E-state index contributed by atoms with van der Waals surface area (Å²) in [7, 11) is 0. The first-order valence-corrected chi connectivity index (χ1v) is 6.35. The van der Waals surface area contributed by atoms with Crippen molar-refractivity contribution in [1.82, 2.24) is 0 Å². The summed E-state index contributed by atoms with van der Waals surface area (Å²) in [5, 5.41) is 0. The van der Waals surface area contributed by atoms with Gasteiger partial charge in [0.25, 0.3) is 0 Å². The van der Waals surface area contributed by atoms with Gasteiger partial charge < -0.3 is 9.47 Å². The molecule has 0 amide bonds. The molecular weight excluding hydrogens is 319 g/mol. The summed E-state index contributed by atoms with van der Waals surface area (Å²) < 4.78 is 12.0. The lowest BCUT2D eigenvalue weighted by Crippen LogP contribution is -2.03. The highest BCUT2D eigenvalue weighted by Crippen LogP contribution is 2.32. The number of benzene rings is 1. The topological polar surface area (TPSA) is 35.5 Å². The van der Waals surface area contributed by atoms with E-state index >= 15 is 0 Å². The Hall–Kier alpha value is -0.780. The van der Waals surface area contributed by atoms with E-state index in [0.29, 0.717) is 30.3 Å². The van der Waals surface area contributed by atoms with Crippen molar-refractivity contribution in [3.8, 4) is 11.5 Å². The smallest absolute Gasteiger partial charge is 0.171 e. The highest BCUT2D eigenvalue weighted by atomic mass is 127. The van der Waals surface area contributed by atoms with Crippen LogP contribution in [0.4, 0.5) is 0 Å². The number of carbonyl (C=O) groups is 1. The average Bonchev–Trinajstić information content (AvgIpc) is 2.27. The molecule has 0 atom stereocenters. The molecule has 0 aliphatic rings. The maximum absolute atomic E-state index is 11.0. The number of hydrogen-bond donors (Lipinski definition) is 0. The van der Waals surface area contributed by atoms with Crippen molar-refractivity contribution in [3.05, 3.63) is 21.3 Å². The van der Waals surface area contributed by atoms with Crippen molar-refractivity contribution in [2.45, 2.75) is 20.3 Å². The van der Waals surface area contributed by atoms with E-state index in [4.69, 9.17) is 9.47 Å². The Morgan fingerprint density at radius 3 is 2.62 bits per heavy atom. The van der Waals surface area contributed by atoms with Gasteiger partial charge in [-0.1, -0.05) is 6.92 Å². The maximum atomic E-state index is 11.0. The fourth-order valence-electron chi connectivity index (χ4n) is 1.30. The Bertz CT molecular complexity index is 364. The second-order valence-corrected chi connectivity index (χ2v) is 4.47. The molecule has 1 rings (SSSR count). The van der Waals surface area contributed by atoms with Crippen LogP contribution in [-0.2, 0) is 0 Å². The third-order valence-corrected chi connectivity index (χ3v) is 2.55. The first kappa shape index (κ1) is 13.3. The third-order valence-electron chi connectivity index (χ3n) is 1.93. The third kappa shape index (κ3) is 3.37. The Morgan fingerprint density at radius 2 is 2.06 bits per heavy atom. The number of carbonyl (C=O) groups excluding carboxylic acids is 1. The zero-order valence-corrected chi connectivity index (χ0v) is 11.6. The van der Waals surface area contributed by atoms with Crippen LogP contribution in [0.25, 0.3) is 0 Å². The van der Waals surface area contributed by atoms with Crippen LogP contribution in [0, 0.1) is 3.57 Å². The Balaban J connectivity index is 3.10. The van der Waals surface area contributed by atoms with Gasteiger partial charge in [-0.15, -0.1) is 0 Å². The number of halogens is 1. The van der Waals surface area contributed by atoms with Crippen molar-refractivity contribution in [1.29, 1.82) is 0 Å². The molecule has 0 saturated heterocycles. The fraction of sp³-hybridized carbons (Fsp3) is 0.417. The van der Waals surface area contributed by atoms with Gasteiger partial charge in [-0.2, -0.15) is 0 Å². The van der Waals surface area contributed by atoms with Gasteiger partial charge in [0.05, 0.1) is 18.8 Å². The molecular formula is C12H15IO3. The summed E-state index contributed by atoms with van der Waals surface area (Å²) >= 11 is 2.15. The van der Waals surface area contributed by atoms with Crippen LogP contribution in [0.5, 0.6) is 11.5 Å². The summed E-state index contributed by atoms with van der Waals surface area (Å²) in [6, 6.07) is 3.67. The first-order chi connectivity index (χ1) is 7.72. The Morgan fingerprint density at radius 1 is 1.31 bits per heavy atom. The van der Waals surface area contributed by atoms with Crippen molar-refractivity contribution in [2.24, 2.45) is 0 Å². The van der Waals surface area contributed by atoms with E-state index in [1.165, 1.54) is 0 Å². The molecule has 1 aromatic carbocycles. The van der Waals surface area contributed by atoms with Crippen molar-refractivity contribution < 1.29 is 14.3 Å². The SMILES string of the molecule is CCCOc1c(C=O)cc(I)cc1OCC. The van der Waals surface area contributed by atoms with Gasteiger partial charge in [-0.05, 0) is 48.1 Å². The highest BCUT2D eigenvalue weighted by molar-refractivity contribution is 14.1. The van der Waals surface area contributed by atoms with E-state index in [9.17, 15) is 4.79 Å². The van der Waals surface area contributed by atoms with E-state index in [2.05, 4.69) is 22.6 Å². The standard InChI is InChI=1S/C12H15IO3/c1-3-5-16-12-9(8-14)6-10(13)7-11(12)15-4-2/h6-8H,3-5H2,1-2H3. The van der Waals surface area contributed by atoms with Gasteiger partial charge in [0, 0.05) is 3.57 Å². The average molecular weight is 334 g/mol. The molecule has 0 spiro atoms. The maximum Gasteiger partial charge on any atom is 0.171 e. The first-order valence-electron chi connectivity index (χ1n) is 5.27. The van der Waals surface area contributed by atoms with Crippen LogP contribution in [0.1, 0.15) is 30.6 Å². The predicted octanol–water partition coefficient (Wildman–Crippen LogP) is 3.29. The van der Waals surface area contributed by atoms with E-state index in [0.717, 1.165) is 16.3 Å². The molecule has 0 radical (unpaired) electrons. The predicted molar refractivity (Wildman–Crippen MR) is 71.5 cm³/mol. The van der Waals surface area contributed by atoms with Crippen LogP contribution in [-0.4, -0.2) is 19.5 Å². The van der Waals surface area contributed by atoms with Crippen LogP contribution in [0.3, 0.4) is 0 Å². The van der Waals surface area contributed by atoms with Gasteiger partial charge in [0.2, 0.25) is 0 Å². The number of hydrogen-bond acceptors (Lipinski definition) is 3. The lowest BCUT2D eigenvalue weighted by Gasteiger charge is -2.13. The molecule has 0 bridgehead atoms.